The molecule has 0 bridgehead atoms. The van der Waals surface area contributed by atoms with Crippen LogP contribution >= 0.6 is 0 Å². The van der Waals surface area contributed by atoms with E-state index in [2.05, 4.69) is 10.4 Å². The normalized spacial score (nSPS) is 24.9. The van der Waals surface area contributed by atoms with Gasteiger partial charge in [-0.3, -0.25) is 23.9 Å². The van der Waals surface area contributed by atoms with E-state index in [0.29, 0.717) is 31.6 Å². The predicted molar refractivity (Wildman–Crippen MR) is 116 cm³/mol. The first-order valence-corrected chi connectivity index (χ1v) is 11.5. The van der Waals surface area contributed by atoms with Crippen molar-refractivity contribution < 1.29 is 19.2 Å². The van der Waals surface area contributed by atoms with Gasteiger partial charge in [-0.15, -0.1) is 0 Å². The molecule has 2 aliphatic heterocycles. The van der Waals surface area contributed by atoms with E-state index in [1.54, 1.807) is 18.9 Å². The molecule has 10 nitrogen and oxygen atoms in total. The Labute approximate surface area is 187 Å². The summed E-state index contributed by atoms with van der Waals surface area (Å²) in [5.41, 5.74) is 4.75. The lowest BCUT2D eigenvalue weighted by molar-refractivity contribution is -0.133. The second-order valence-corrected chi connectivity index (χ2v) is 9.49. The van der Waals surface area contributed by atoms with Crippen molar-refractivity contribution in [2.24, 2.45) is 11.7 Å². The number of rotatable bonds is 4. The summed E-state index contributed by atoms with van der Waals surface area (Å²) in [5, 5.41) is 7.51. The van der Waals surface area contributed by atoms with Crippen LogP contribution in [0.15, 0.2) is 6.07 Å². The van der Waals surface area contributed by atoms with E-state index < -0.39 is 5.54 Å². The van der Waals surface area contributed by atoms with Crippen LogP contribution in [0.25, 0.3) is 0 Å². The number of nitrogens with one attached hydrogen (secondary N) is 1. The highest BCUT2D eigenvalue weighted by Gasteiger charge is 2.47. The first kappa shape index (κ1) is 22.3. The topological polar surface area (TPSA) is 131 Å². The summed E-state index contributed by atoms with van der Waals surface area (Å²) in [6.45, 7) is 2.76. The van der Waals surface area contributed by atoms with Gasteiger partial charge in [-0.25, -0.2) is 0 Å². The van der Waals surface area contributed by atoms with Crippen LogP contribution < -0.4 is 11.1 Å². The van der Waals surface area contributed by atoms with Crippen LogP contribution in [0.1, 0.15) is 72.8 Å². The molecular formula is C22H32N6O4. The van der Waals surface area contributed by atoms with E-state index in [-0.39, 0.29) is 47.8 Å². The van der Waals surface area contributed by atoms with Crippen LogP contribution in [0.3, 0.4) is 0 Å². The van der Waals surface area contributed by atoms with E-state index in [1.165, 1.54) is 22.1 Å². The van der Waals surface area contributed by atoms with E-state index in [1.807, 2.05) is 0 Å². The Morgan fingerprint density at radius 2 is 1.78 bits per heavy atom. The van der Waals surface area contributed by atoms with Gasteiger partial charge in [0, 0.05) is 38.2 Å². The maximum atomic E-state index is 13.2. The van der Waals surface area contributed by atoms with E-state index in [0.717, 1.165) is 25.7 Å². The average Bonchev–Trinajstić information content (AvgIpc) is 3.21. The molecular weight excluding hydrogens is 412 g/mol. The molecule has 1 saturated carbocycles. The average molecular weight is 445 g/mol. The Balaban J connectivity index is 1.49. The lowest BCUT2D eigenvalue weighted by atomic mass is 9.92. The van der Waals surface area contributed by atoms with Gasteiger partial charge in [-0.1, -0.05) is 19.3 Å². The van der Waals surface area contributed by atoms with Crippen molar-refractivity contribution in [3.63, 3.8) is 0 Å². The number of carbonyl (C=O) groups is 4. The van der Waals surface area contributed by atoms with Crippen LogP contribution in [0.2, 0.25) is 0 Å². The minimum absolute atomic E-state index is 0.135. The maximum absolute atomic E-state index is 13.2. The van der Waals surface area contributed by atoms with Crippen molar-refractivity contribution in [1.82, 2.24) is 24.9 Å². The van der Waals surface area contributed by atoms with Crippen LogP contribution in [-0.4, -0.2) is 74.9 Å². The third-order valence-electron chi connectivity index (χ3n) is 7.33. The Bertz CT molecular complexity index is 929. The summed E-state index contributed by atoms with van der Waals surface area (Å²) in [5.74, 6) is -1.36. The number of amides is 4. The molecule has 0 radical (unpaired) electrons. The number of hydrogen-bond donors (Lipinski definition) is 2. The summed E-state index contributed by atoms with van der Waals surface area (Å²) in [7, 11) is 1.62. The summed E-state index contributed by atoms with van der Waals surface area (Å²) < 4.78 is 1.48. The highest BCUT2D eigenvalue weighted by Crippen LogP contribution is 2.28. The smallest absolute Gasteiger partial charge is 0.274 e. The van der Waals surface area contributed by atoms with Crippen LogP contribution in [-0.2, 0) is 16.1 Å². The number of aromatic nitrogens is 2. The number of fused-ring (bicyclic) bond motifs is 1. The van der Waals surface area contributed by atoms with Crippen molar-refractivity contribution in [2.45, 2.75) is 70.0 Å². The number of nitrogens with zero attached hydrogens (tertiary/aromatic N) is 4. The lowest BCUT2D eigenvalue weighted by Crippen LogP contribution is -2.63. The molecule has 1 aromatic heterocycles. The number of likely N-dealkylation sites (tertiary alicyclic amines) is 1. The zero-order valence-corrected chi connectivity index (χ0v) is 18.8. The Hall–Kier alpha value is -2.91. The molecule has 1 unspecified atom stereocenters. The number of hydrogen-bond acceptors (Lipinski definition) is 5. The zero-order chi connectivity index (χ0) is 23.0. The summed E-state index contributed by atoms with van der Waals surface area (Å²) in [6, 6.07) is 1.64. The number of piperidine rings is 1. The van der Waals surface area contributed by atoms with Gasteiger partial charge >= 0.3 is 0 Å². The van der Waals surface area contributed by atoms with Crippen molar-refractivity contribution in [2.75, 3.05) is 20.1 Å². The Morgan fingerprint density at radius 1 is 1.12 bits per heavy atom. The first-order valence-electron chi connectivity index (χ1n) is 11.5. The fourth-order valence-electron chi connectivity index (χ4n) is 4.95. The summed E-state index contributed by atoms with van der Waals surface area (Å²) >= 11 is 0. The Kier molecular flexibility index (Phi) is 5.96. The maximum Gasteiger partial charge on any atom is 0.274 e. The van der Waals surface area contributed by atoms with Crippen molar-refractivity contribution >= 4 is 23.6 Å². The SMILES string of the molecule is CN1C(=O)c2cc(C(=O)N3CCC(C(N)=O)CC3)nn2CC1(C)C(=O)NC1CCCCC1. The fourth-order valence-corrected chi connectivity index (χ4v) is 4.95. The molecule has 174 valence electrons. The number of nitrogens with two attached hydrogens (primary N) is 1. The number of primary amides is 1. The molecule has 1 atom stereocenters. The second kappa shape index (κ2) is 8.55. The molecule has 1 aliphatic carbocycles. The molecule has 3 aliphatic rings. The van der Waals surface area contributed by atoms with E-state index in [4.69, 9.17) is 5.73 Å². The molecule has 3 heterocycles. The molecule has 0 aromatic carbocycles. The van der Waals surface area contributed by atoms with Crippen LogP contribution in [0.5, 0.6) is 0 Å². The van der Waals surface area contributed by atoms with Gasteiger partial charge in [-0.05, 0) is 32.6 Å². The standard InChI is InChI=1S/C22H32N6O4/c1-22(21(32)24-15-6-4-3-5-7-15)13-28-17(20(31)26(22)2)12-16(25-28)19(30)27-10-8-14(9-11-27)18(23)29/h12,14-15H,3-11,13H2,1-2H3,(H2,23,29)(H,24,32). The molecule has 4 rings (SSSR count). The van der Waals surface area contributed by atoms with Gasteiger partial charge < -0.3 is 20.9 Å². The molecule has 0 spiro atoms. The molecule has 10 heteroatoms. The summed E-state index contributed by atoms with van der Waals surface area (Å²) in [4.78, 5) is 53.7. The molecule has 1 aromatic rings. The molecule has 4 amide bonds. The fraction of sp³-hybridized carbons (Fsp3) is 0.682. The van der Waals surface area contributed by atoms with E-state index >= 15 is 0 Å². The van der Waals surface area contributed by atoms with Gasteiger partial charge in [0.15, 0.2) is 5.69 Å². The van der Waals surface area contributed by atoms with Gasteiger partial charge in [0.2, 0.25) is 11.8 Å². The largest absolute Gasteiger partial charge is 0.369 e. The molecule has 2 fully saturated rings. The second-order valence-electron chi connectivity index (χ2n) is 9.49. The van der Waals surface area contributed by atoms with Gasteiger partial charge in [0.25, 0.3) is 11.8 Å². The minimum Gasteiger partial charge on any atom is -0.369 e. The van der Waals surface area contributed by atoms with Gasteiger partial charge in [-0.2, -0.15) is 5.10 Å². The molecule has 32 heavy (non-hydrogen) atoms. The highest BCUT2D eigenvalue weighted by atomic mass is 16.2. The third-order valence-corrected chi connectivity index (χ3v) is 7.33. The number of carbonyl (C=O) groups excluding carboxylic acids is 4. The minimum atomic E-state index is -1.09. The summed E-state index contributed by atoms with van der Waals surface area (Å²) in [6.07, 6.45) is 6.35. The molecule has 1 saturated heterocycles. The van der Waals surface area contributed by atoms with Crippen molar-refractivity contribution in [1.29, 1.82) is 0 Å². The van der Waals surface area contributed by atoms with Crippen LogP contribution in [0.4, 0.5) is 0 Å². The Morgan fingerprint density at radius 3 is 2.41 bits per heavy atom. The van der Waals surface area contributed by atoms with Crippen molar-refractivity contribution in [3.05, 3.63) is 17.5 Å². The predicted octanol–water partition coefficient (Wildman–Crippen LogP) is 0.514. The monoisotopic (exact) mass is 444 g/mol. The molecule has 3 N–H and O–H groups in total. The van der Waals surface area contributed by atoms with Crippen molar-refractivity contribution in [3.8, 4) is 0 Å². The third kappa shape index (κ3) is 3.98. The first-order chi connectivity index (χ1) is 15.2. The van der Waals surface area contributed by atoms with Crippen LogP contribution in [0, 0.1) is 5.92 Å². The number of likely N-dealkylation sites (N-methyl/N-ethyl adjacent to an activating group) is 1. The highest BCUT2D eigenvalue weighted by molar-refractivity contribution is 6.01. The lowest BCUT2D eigenvalue weighted by Gasteiger charge is -2.41. The van der Waals surface area contributed by atoms with Gasteiger partial charge in [0.1, 0.15) is 11.2 Å². The van der Waals surface area contributed by atoms with E-state index in [9.17, 15) is 19.2 Å². The zero-order valence-electron chi connectivity index (χ0n) is 18.8. The van der Waals surface area contributed by atoms with Gasteiger partial charge in [0.05, 0.1) is 6.54 Å². The quantitative estimate of drug-likeness (QED) is 0.699.